The molecule has 0 aliphatic heterocycles. The number of benzene rings is 1. The smallest absolute Gasteiger partial charge is 0.323 e. The standard InChI is InChI=1S/C30H47F2NO4/c1-4-7-8-9-10-11-12-13-14-23-15-16-24(27(32)26(23)31)19-22-33-25-17-20-30(21-18-25,28(34)36-5-2)29(35)37-6-3/h15-16,25,33H,4-14,17-22H2,1-3H3. The fourth-order valence-corrected chi connectivity index (χ4v) is 5.22. The van der Waals surface area contributed by atoms with Crippen molar-refractivity contribution in [1.29, 1.82) is 0 Å². The summed E-state index contributed by atoms with van der Waals surface area (Å²) in [6.07, 6.45) is 12.2. The van der Waals surface area contributed by atoms with Crippen molar-refractivity contribution in [2.24, 2.45) is 5.41 Å². The fraction of sp³-hybridized carbons (Fsp3) is 0.733. The monoisotopic (exact) mass is 523 g/mol. The molecule has 1 aromatic carbocycles. The number of unbranched alkanes of at least 4 members (excludes halogenated alkanes) is 7. The second kappa shape index (κ2) is 16.7. The maximum Gasteiger partial charge on any atom is 0.323 e. The van der Waals surface area contributed by atoms with Crippen LogP contribution in [0.5, 0.6) is 0 Å². The molecule has 0 heterocycles. The van der Waals surface area contributed by atoms with Crippen LogP contribution in [-0.4, -0.2) is 37.7 Å². The molecule has 5 nitrogen and oxygen atoms in total. The summed E-state index contributed by atoms with van der Waals surface area (Å²) in [6.45, 7) is 6.55. The first kappa shape index (κ1) is 31.2. The van der Waals surface area contributed by atoms with E-state index in [4.69, 9.17) is 9.47 Å². The molecular weight excluding hydrogens is 476 g/mol. The van der Waals surface area contributed by atoms with Crippen molar-refractivity contribution in [3.8, 4) is 0 Å². The van der Waals surface area contributed by atoms with Crippen LogP contribution in [0.15, 0.2) is 12.1 Å². The summed E-state index contributed by atoms with van der Waals surface area (Å²) in [5.74, 6) is -2.49. The van der Waals surface area contributed by atoms with E-state index in [1.54, 1.807) is 26.0 Å². The van der Waals surface area contributed by atoms with Gasteiger partial charge in [-0.25, -0.2) is 8.78 Å². The van der Waals surface area contributed by atoms with Crippen LogP contribution in [0.1, 0.15) is 109 Å². The van der Waals surface area contributed by atoms with Crippen LogP contribution >= 0.6 is 0 Å². The lowest BCUT2D eigenvalue weighted by atomic mass is 9.72. The molecule has 0 atom stereocenters. The van der Waals surface area contributed by atoms with Gasteiger partial charge in [-0.05, 0) is 76.5 Å². The molecule has 0 radical (unpaired) electrons. The molecule has 0 amide bonds. The van der Waals surface area contributed by atoms with Gasteiger partial charge in [0.15, 0.2) is 17.0 Å². The Morgan fingerprint density at radius 3 is 1.81 bits per heavy atom. The first-order chi connectivity index (χ1) is 17.9. The number of carbonyl (C=O) groups is 2. The number of nitrogens with one attached hydrogen (secondary N) is 1. The molecule has 0 unspecified atom stereocenters. The minimum Gasteiger partial charge on any atom is -0.465 e. The summed E-state index contributed by atoms with van der Waals surface area (Å²) in [7, 11) is 0. The van der Waals surface area contributed by atoms with Crippen LogP contribution in [0.25, 0.3) is 0 Å². The lowest BCUT2D eigenvalue weighted by molar-refractivity contribution is -0.175. The maximum absolute atomic E-state index is 14.7. The lowest BCUT2D eigenvalue weighted by Gasteiger charge is -2.36. The molecule has 2 rings (SSSR count). The molecule has 0 saturated heterocycles. The topological polar surface area (TPSA) is 64.6 Å². The van der Waals surface area contributed by atoms with E-state index in [2.05, 4.69) is 12.2 Å². The van der Waals surface area contributed by atoms with E-state index in [9.17, 15) is 18.4 Å². The number of hydrogen-bond acceptors (Lipinski definition) is 5. The minimum absolute atomic E-state index is 0.0890. The van der Waals surface area contributed by atoms with E-state index in [1.807, 2.05) is 0 Å². The molecular formula is C30H47F2NO4. The number of ether oxygens (including phenoxy) is 2. The van der Waals surface area contributed by atoms with Gasteiger partial charge in [-0.2, -0.15) is 0 Å². The first-order valence-corrected chi connectivity index (χ1v) is 14.4. The van der Waals surface area contributed by atoms with Gasteiger partial charge in [-0.15, -0.1) is 0 Å². The largest absolute Gasteiger partial charge is 0.465 e. The Morgan fingerprint density at radius 2 is 1.30 bits per heavy atom. The van der Waals surface area contributed by atoms with Gasteiger partial charge in [0, 0.05) is 6.04 Å². The molecule has 1 fully saturated rings. The van der Waals surface area contributed by atoms with Crippen molar-refractivity contribution in [2.75, 3.05) is 19.8 Å². The highest BCUT2D eigenvalue weighted by Gasteiger charge is 2.50. The van der Waals surface area contributed by atoms with Crippen molar-refractivity contribution in [3.63, 3.8) is 0 Å². The van der Waals surface area contributed by atoms with E-state index in [1.165, 1.54) is 32.1 Å². The number of halogens is 2. The normalized spacial score (nSPS) is 15.5. The molecule has 1 aliphatic rings. The summed E-state index contributed by atoms with van der Waals surface area (Å²) in [4.78, 5) is 25.1. The summed E-state index contributed by atoms with van der Waals surface area (Å²) in [6, 6.07) is 3.52. The Labute approximate surface area is 222 Å². The van der Waals surface area contributed by atoms with Crippen molar-refractivity contribution in [3.05, 3.63) is 34.9 Å². The van der Waals surface area contributed by atoms with Crippen LogP contribution in [0, 0.1) is 17.0 Å². The van der Waals surface area contributed by atoms with Crippen molar-refractivity contribution >= 4 is 11.9 Å². The zero-order valence-corrected chi connectivity index (χ0v) is 23.1. The Balaban J connectivity index is 1.78. The molecule has 0 spiro atoms. The highest BCUT2D eigenvalue weighted by atomic mass is 19.2. The Morgan fingerprint density at radius 1 is 0.811 bits per heavy atom. The van der Waals surface area contributed by atoms with Crippen LogP contribution in [-0.2, 0) is 31.9 Å². The van der Waals surface area contributed by atoms with Crippen LogP contribution in [0.3, 0.4) is 0 Å². The summed E-state index contributed by atoms with van der Waals surface area (Å²) >= 11 is 0. The van der Waals surface area contributed by atoms with E-state index < -0.39 is 29.0 Å². The van der Waals surface area contributed by atoms with Crippen molar-refractivity contribution in [1.82, 2.24) is 5.32 Å². The molecule has 1 aliphatic carbocycles. The van der Waals surface area contributed by atoms with Gasteiger partial charge < -0.3 is 14.8 Å². The molecule has 1 N–H and O–H groups in total. The number of aryl methyl sites for hydroxylation is 1. The maximum atomic E-state index is 14.7. The van der Waals surface area contributed by atoms with E-state index in [0.29, 0.717) is 56.2 Å². The third-order valence-corrected chi connectivity index (χ3v) is 7.54. The van der Waals surface area contributed by atoms with E-state index >= 15 is 0 Å². The SMILES string of the molecule is CCCCCCCCCCc1ccc(CCNC2CCC(C(=O)OCC)(C(=O)OCC)CC2)c(F)c1F. The summed E-state index contributed by atoms with van der Waals surface area (Å²) in [5, 5.41) is 3.38. The van der Waals surface area contributed by atoms with Gasteiger partial charge in [0.25, 0.3) is 0 Å². The fourth-order valence-electron chi connectivity index (χ4n) is 5.22. The van der Waals surface area contributed by atoms with E-state index in [-0.39, 0.29) is 19.3 Å². The molecule has 210 valence electrons. The van der Waals surface area contributed by atoms with Gasteiger partial charge in [0.2, 0.25) is 0 Å². The van der Waals surface area contributed by atoms with E-state index in [0.717, 1.165) is 19.3 Å². The molecule has 7 heteroatoms. The van der Waals surface area contributed by atoms with Crippen LogP contribution < -0.4 is 5.32 Å². The average molecular weight is 524 g/mol. The highest BCUT2D eigenvalue weighted by molar-refractivity contribution is 6.00. The quantitative estimate of drug-likeness (QED) is 0.138. The van der Waals surface area contributed by atoms with Gasteiger partial charge in [-0.3, -0.25) is 9.59 Å². The number of rotatable bonds is 17. The van der Waals surface area contributed by atoms with Crippen molar-refractivity contribution < 1.29 is 27.8 Å². The Bertz CT molecular complexity index is 817. The number of carbonyl (C=O) groups excluding carboxylic acids is 2. The van der Waals surface area contributed by atoms with Gasteiger partial charge in [-0.1, -0.05) is 64.0 Å². The highest BCUT2D eigenvalue weighted by Crippen LogP contribution is 2.39. The Kier molecular flexibility index (Phi) is 14.1. The number of hydrogen-bond donors (Lipinski definition) is 1. The Hall–Kier alpha value is -2.02. The van der Waals surface area contributed by atoms with Crippen molar-refractivity contribution in [2.45, 2.75) is 117 Å². The van der Waals surface area contributed by atoms with Gasteiger partial charge in [0.05, 0.1) is 13.2 Å². The minimum atomic E-state index is -1.25. The van der Waals surface area contributed by atoms with Gasteiger partial charge >= 0.3 is 11.9 Å². The molecule has 0 bridgehead atoms. The lowest BCUT2D eigenvalue weighted by Crippen LogP contribution is -2.48. The van der Waals surface area contributed by atoms with Crippen LogP contribution in [0.2, 0.25) is 0 Å². The molecule has 1 aromatic rings. The second-order valence-corrected chi connectivity index (χ2v) is 10.2. The summed E-state index contributed by atoms with van der Waals surface area (Å²) in [5.41, 5.74) is -0.417. The molecule has 0 aromatic heterocycles. The molecule has 1 saturated carbocycles. The van der Waals surface area contributed by atoms with Crippen LogP contribution in [0.4, 0.5) is 8.78 Å². The number of esters is 2. The summed E-state index contributed by atoms with van der Waals surface area (Å²) < 4.78 is 39.7. The van der Waals surface area contributed by atoms with Gasteiger partial charge in [0.1, 0.15) is 0 Å². The second-order valence-electron chi connectivity index (χ2n) is 10.2. The average Bonchev–Trinajstić information content (AvgIpc) is 2.90. The third kappa shape index (κ3) is 9.35. The molecule has 37 heavy (non-hydrogen) atoms. The predicted octanol–water partition coefficient (Wildman–Crippen LogP) is 6.84. The zero-order valence-electron chi connectivity index (χ0n) is 23.1. The predicted molar refractivity (Wildman–Crippen MR) is 142 cm³/mol. The third-order valence-electron chi connectivity index (χ3n) is 7.54. The zero-order chi connectivity index (χ0) is 27.1. The first-order valence-electron chi connectivity index (χ1n) is 14.4.